The topological polar surface area (TPSA) is 77.2 Å². The summed E-state index contributed by atoms with van der Waals surface area (Å²) >= 11 is 0. The van der Waals surface area contributed by atoms with Crippen molar-refractivity contribution in [3.8, 4) is 6.08 Å². The molecule has 6 heteroatoms. The van der Waals surface area contributed by atoms with Gasteiger partial charge in [-0.3, -0.25) is 9.32 Å². The van der Waals surface area contributed by atoms with E-state index >= 15 is 0 Å². The minimum absolute atomic E-state index is 0.0411. The van der Waals surface area contributed by atoms with Gasteiger partial charge in [0.1, 0.15) is 0 Å². The zero-order valence-electron chi connectivity index (χ0n) is 10.8. The Kier molecular flexibility index (Phi) is 4.17. The quantitative estimate of drug-likeness (QED) is 0.878. The number of aromatic nitrogens is 2. The number of amides is 1. The standard InChI is InChI=1S/C12H19N3O3/c1-8-5-3-4-6-10(8)14-11(16)7-17-12-13-9(2)15-18-12/h8,10H,3-7H2,1-2H3,(H,14,16)/t8-,10-/m1/s1. The smallest absolute Gasteiger partial charge is 0.417 e. The average Bonchev–Trinajstić information content (AvgIpc) is 2.76. The number of nitrogens with zero attached hydrogens (tertiary/aromatic N) is 2. The van der Waals surface area contributed by atoms with Gasteiger partial charge in [-0.15, -0.1) is 0 Å². The van der Waals surface area contributed by atoms with Gasteiger partial charge in [0.05, 0.1) is 0 Å². The van der Waals surface area contributed by atoms with Crippen LogP contribution < -0.4 is 10.1 Å². The van der Waals surface area contributed by atoms with Gasteiger partial charge in [-0.2, -0.15) is 4.98 Å². The number of rotatable bonds is 4. The van der Waals surface area contributed by atoms with Gasteiger partial charge in [0, 0.05) is 6.04 Å². The van der Waals surface area contributed by atoms with Crippen molar-refractivity contribution >= 4 is 5.91 Å². The van der Waals surface area contributed by atoms with Crippen molar-refractivity contribution in [1.29, 1.82) is 0 Å². The van der Waals surface area contributed by atoms with E-state index in [1.54, 1.807) is 6.92 Å². The number of nitrogens with one attached hydrogen (secondary N) is 1. The molecule has 0 saturated heterocycles. The monoisotopic (exact) mass is 253 g/mol. The SMILES string of the molecule is Cc1noc(OCC(=O)N[C@@H]2CCCC[C@H]2C)n1. The number of hydrogen-bond acceptors (Lipinski definition) is 5. The first-order valence-corrected chi connectivity index (χ1v) is 6.37. The summed E-state index contributed by atoms with van der Waals surface area (Å²) in [4.78, 5) is 15.6. The maximum absolute atomic E-state index is 11.7. The molecule has 1 heterocycles. The Morgan fingerprint density at radius 2 is 2.28 bits per heavy atom. The van der Waals surface area contributed by atoms with Crippen LogP contribution in [0.2, 0.25) is 0 Å². The maximum Gasteiger partial charge on any atom is 0.417 e. The average molecular weight is 253 g/mol. The number of carbonyl (C=O) groups excluding carboxylic acids is 1. The van der Waals surface area contributed by atoms with Crippen molar-refractivity contribution in [3.05, 3.63) is 5.82 Å². The summed E-state index contributed by atoms with van der Waals surface area (Å²) in [6, 6.07) is 0.263. The molecular formula is C12H19N3O3. The summed E-state index contributed by atoms with van der Waals surface area (Å²) in [6.45, 7) is 3.79. The van der Waals surface area contributed by atoms with Gasteiger partial charge in [0.2, 0.25) is 0 Å². The van der Waals surface area contributed by atoms with Gasteiger partial charge in [-0.1, -0.05) is 24.9 Å². The van der Waals surface area contributed by atoms with Gasteiger partial charge in [-0.25, -0.2) is 0 Å². The highest BCUT2D eigenvalue weighted by molar-refractivity contribution is 5.77. The van der Waals surface area contributed by atoms with E-state index in [9.17, 15) is 4.79 Å². The Morgan fingerprint density at radius 1 is 1.50 bits per heavy atom. The molecule has 0 aliphatic heterocycles. The molecule has 6 nitrogen and oxygen atoms in total. The Hall–Kier alpha value is -1.59. The van der Waals surface area contributed by atoms with Crippen LogP contribution in [0.25, 0.3) is 0 Å². The second-order valence-electron chi connectivity index (χ2n) is 4.83. The third kappa shape index (κ3) is 3.45. The van der Waals surface area contributed by atoms with Crippen LogP contribution in [0.5, 0.6) is 6.08 Å². The van der Waals surface area contributed by atoms with E-state index in [1.807, 2.05) is 0 Å². The van der Waals surface area contributed by atoms with Crippen LogP contribution in [0.3, 0.4) is 0 Å². The molecule has 0 radical (unpaired) electrons. The molecule has 0 aromatic carbocycles. The fourth-order valence-corrected chi connectivity index (χ4v) is 2.24. The maximum atomic E-state index is 11.7. The van der Waals surface area contributed by atoms with E-state index in [-0.39, 0.29) is 24.6 Å². The zero-order valence-corrected chi connectivity index (χ0v) is 10.8. The molecule has 2 rings (SSSR count). The fraction of sp³-hybridized carbons (Fsp3) is 0.750. The molecule has 0 spiro atoms. The van der Waals surface area contributed by atoms with Gasteiger partial charge < -0.3 is 10.1 Å². The van der Waals surface area contributed by atoms with Crippen LogP contribution >= 0.6 is 0 Å². The molecule has 2 atom stereocenters. The molecule has 1 aromatic rings. The third-order valence-corrected chi connectivity index (χ3v) is 3.29. The minimum atomic E-state index is -0.135. The van der Waals surface area contributed by atoms with E-state index in [2.05, 4.69) is 22.4 Å². The van der Waals surface area contributed by atoms with Gasteiger partial charge >= 0.3 is 6.08 Å². The summed E-state index contributed by atoms with van der Waals surface area (Å²) in [7, 11) is 0. The van der Waals surface area contributed by atoms with Crippen molar-refractivity contribution < 1.29 is 14.1 Å². The van der Waals surface area contributed by atoms with E-state index in [0.717, 1.165) is 6.42 Å². The predicted octanol–water partition coefficient (Wildman–Crippen LogP) is 1.45. The lowest BCUT2D eigenvalue weighted by Crippen LogP contribution is -2.43. The number of carbonyl (C=O) groups is 1. The molecule has 0 unspecified atom stereocenters. The Labute approximate surface area is 106 Å². The largest absolute Gasteiger partial charge is 0.439 e. The first-order valence-electron chi connectivity index (χ1n) is 6.37. The predicted molar refractivity (Wildman–Crippen MR) is 64.1 cm³/mol. The van der Waals surface area contributed by atoms with Crippen molar-refractivity contribution in [3.63, 3.8) is 0 Å². The molecule has 1 amide bonds. The highest BCUT2D eigenvalue weighted by Crippen LogP contribution is 2.23. The summed E-state index contributed by atoms with van der Waals surface area (Å²) in [5.74, 6) is 0.893. The lowest BCUT2D eigenvalue weighted by Gasteiger charge is -2.29. The summed E-state index contributed by atoms with van der Waals surface area (Å²) < 4.78 is 9.88. The Morgan fingerprint density at radius 3 is 2.94 bits per heavy atom. The van der Waals surface area contributed by atoms with Crippen molar-refractivity contribution in [2.45, 2.75) is 45.6 Å². The first kappa shape index (κ1) is 12.9. The van der Waals surface area contributed by atoms with E-state index < -0.39 is 0 Å². The molecular weight excluding hydrogens is 234 g/mol. The molecule has 18 heavy (non-hydrogen) atoms. The Bertz CT molecular complexity index is 405. The lowest BCUT2D eigenvalue weighted by atomic mass is 9.86. The summed E-state index contributed by atoms with van der Waals surface area (Å²) in [6.07, 6.45) is 4.70. The van der Waals surface area contributed by atoms with Gasteiger partial charge in [0.25, 0.3) is 5.91 Å². The van der Waals surface area contributed by atoms with Crippen molar-refractivity contribution in [2.75, 3.05) is 6.61 Å². The molecule has 0 bridgehead atoms. The Balaban J connectivity index is 1.74. The van der Waals surface area contributed by atoms with Crippen LogP contribution in [0.15, 0.2) is 4.52 Å². The normalized spacial score (nSPS) is 23.7. The highest BCUT2D eigenvalue weighted by atomic mass is 16.6. The molecule has 1 N–H and O–H groups in total. The zero-order chi connectivity index (χ0) is 13.0. The van der Waals surface area contributed by atoms with Crippen molar-refractivity contribution in [2.24, 2.45) is 5.92 Å². The van der Waals surface area contributed by atoms with Gasteiger partial charge in [0.15, 0.2) is 12.4 Å². The second kappa shape index (κ2) is 5.84. The minimum Gasteiger partial charge on any atom is -0.439 e. The van der Waals surface area contributed by atoms with E-state index in [4.69, 9.17) is 9.26 Å². The molecule has 100 valence electrons. The number of aryl methyl sites for hydroxylation is 1. The van der Waals surface area contributed by atoms with E-state index in [1.165, 1.54) is 19.3 Å². The highest BCUT2D eigenvalue weighted by Gasteiger charge is 2.23. The number of ether oxygens (including phenoxy) is 1. The van der Waals surface area contributed by atoms with Crippen LogP contribution in [-0.2, 0) is 4.79 Å². The molecule has 1 aromatic heterocycles. The lowest BCUT2D eigenvalue weighted by molar-refractivity contribution is -0.124. The van der Waals surface area contributed by atoms with Crippen LogP contribution in [0.1, 0.15) is 38.4 Å². The second-order valence-corrected chi connectivity index (χ2v) is 4.83. The van der Waals surface area contributed by atoms with Crippen molar-refractivity contribution in [1.82, 2.24) is 15.5 Å². The molecule has 1 aliphatic carbocycles. The molecule has 1 fully saturated rings. The fourth-order valence-electron chi connectivity index (χ4n) is 2.24. The number of hydrogen-bond donors (Lipinski definition) is 1. The summed E-state index contributed by atoms with van der Waals surface area (Å²) in [5, 5.41) is 6.57. The van der Waals surface area contributed by atoms with Gasteiger partial charge in [-0.05, 0) is 25.7 Å². The first-order chi connectivity index (χ1) is 8.65. The third-order valence-electron chi connectivity index (χ3n) is 3.29. The van der Waals surface area contributed by atoms with Crippen LogP contribution in [0.4, 0.5) is 0 Å². The molecule has 1 aliphatic rings. The van der Waals surface area contributed by atoms with Crippen LogP contribution in [-0.4, -0.2) is 28.7 Å². The molecule has 1 saturated carbocycles. The summed E-state index contributed by atoms with van der Waals surface area (Å²) in [5.41, 5.74) is 0. The van der Waals surface area contributed by atoms with E-state index in [0.29, 0.717) is 11.7 Å². The van der Waals surface area contributed by atoms with Crippen LogP contribution in [0, 0.1) is 12.8 Å².